The first-order valence-electron chi connectivity index (χ1n) is 4.45. The van der Waals surface area contributed by atoms with Gasteiger partial charge in [-0.25, -0.2) is 0 Å². The fraction of sp³-hybridized carbons (Fsp3) is 0.400. The molecular weight excluding hydrogens is 314 g/mol. The summed E-state index contributed by atoms with van der Waals surface area (Å²) in [6, 6.07) is 2.16. The summed E-state index contributed by atoms with van der Waals surface area (Å²) in [5.74, 6) is 2.20. The van der Waals surface area contributed by atoms with E-state index in [1.54, 1.807) is 11.3 Å². The van der Waals surface area contributed by atoms with Gasteiger partial charge in [0.05, 0.1) is 0 Å². The van der Waals surface area contributed by atoms with Crippen LogP contribution in [0.2, 0.25) is 0 Å². The molecule has 0 atom stereocenters. The lowest BCUT2D eigenvalue weighted by Gasteiger charge is -2.01. The summed E-state index contributed by atoms with van der Waals surface area (Å²) in [4.78, 5) is 1.38. The number of thiophene rings is 1. The summed E-state index contributed by atoms with van der Waals surface area (Å²) < 4.78 is 1.18. The molecule has 0 amide bonds. The Bertz CT molecular complexity index is 278. The standard InChI is InChI=1S/C10H14BrNS2.ClH/c1-2-4-13-5-3-12-7-10-6-9(11)8-14-10;/h2,6,8,12H,1,3-5,7H2;1H. The van der Waals surface area contributed by atoms with E-state index >= 15 is 0 Å². The van der Waals surface area contributed by atoms with E-state index in [0.717, 1.165) is 24.6 Å². The highest BCUT2D eigenvalue weighted by molar-refractivity contribution is 9.10. The molecule has 1 nitrogen and oxygen atoms in total. The van der Waals surface area contributed by atoms with E-state index in [0.29, 0.717) is 0 Å². The van der Waals surface area contributed by atoms with Crippen molar-refractivity contribution in [3.05, 3.63) is 33.5 Å². The van der Waals surface area contributed by atoms with Crippen LogP contribution in [-0.4, -0.2) is 18.1 Å². The average Bonchev–Trinajstić information content (AvgIpc) is 2.58. The molecule has 1 rings (SSSR count). The average molecular weight is 329 g/mol. The highest BCUT2D eigenvalue weighted by atomic mass is 79.9. The van der Waals surface area contributed by atoms with Gasteiger partial charge in [-0.05, 0) is 22.0 Å². The summed E-state index contributed by atoms with van der Waals surface area (Å²) in [7, 11) is 0. The van der Waals surface area contributed by atoms with E-state index in [4.69, 9.17) is 0 Å². The molecule has 0 fully saturated rings. The molecule has 0 aliphatic rings. The Morgan fingerprint density at radius 2 is 2.40 bits per heavy atom. The molecule has 0 bridgehead atoms. The van der Waals surface area contributed by atoms with Gasteiger partial charge in [-0.1, -0.05) is 6.08 Å². The van der Waals surface area contributed by atoms with Gasteiger partial charge in [-0.15, -0.1) is 30.3 Å². The zero-order valence-electron chi connectivity index (χ0n) is 8.37. The van der Waals surface area contributed by atoms with Crippen LogP contribution in [0, 0.1) is 0 Å². The molecule has 0 saturated heterocycles. The van der Waals surface area contributed by atoms with E-state index in [2.05, 4.69) is 39.3 Å². The SMILES string of the molecule is C=CCSCCNCc1cc(Br)cs1.Cl. The normalized spacial score (nSPS) is 9.67. The van der Waals surface area contributed by atoms with Crippen molar-refractivity contribution in [3.63, 3.8) is 0 Å². The second kappa shape index (κ2) is 9.73. The minimum atomic E-state index is 0. The van der Waals surface area contributed by atoms with Crippen molar-refractivity contribution in [2.45, 2.75) is 6.54 Å². The monoisotopic (exact) mass is 327 g/mol. The Morgan fingerprint density at radius 1 is 1.60 bits per heavy atom. The van der Waals surface area contributed by atoms with E-state index in [1.165, 1.54) is 9.35 Å². The molecule has 86 valence electrons. The first-order valence-corrected chi connectivity index (χ1v) is 7.28. The zero-order chi connectivity index (χ0) is 10.2. The van der Waals surface area contributed by atoms with Crippen molar-refractivity contribution in [3.8, 4) is 0 Å². The van der Waals surface area contributed by atoms with Crippen molar-refractivity contribution in [1.82, 2.24) is 5.32 Å². The molecule has 1 aromatic rings. The Morgan fingerprint density at radius 3 is 3.00 bits per heavy atom. The predicted octanol–water partition coefficient (Wildman–Crippen LogP) is 3.94. The number of nitrogens with one attached hydrogen (secondary N) is 1. The summed E-state index contributed by atoms with van der Waals surface area (Å²) in [5, 5.41) is 5.52. The van der Waals surface area contributed by atoms with Crippen LogP contribution in [0.5, 0.6) is 0 Å². The van der Waals surface area contributed by atoms with Crippen molar-refractivity contribution >= 4 is 51.4 Å². The second-order valence-corrected chi connectivity index (χ2v) is 5.83. The fourth-order valence-electron chi connectivity index (χ4n) is 0.969. The predicted molar refractivity (Wildman–Crippen MR) is 78.5 cm³/mol. The van der Waals surface area contributed by atoms with Gasteiger partial charge in [0.1, 0.15) is 0 Å². The second-order valence-electron chi connectivity index (χ2n) is 2.77. The Labute approximate surface area is 114 Å². The maximum absolute atomic E-state index is 3.68. The number of thioether (sulfide) groups is 1. The van der Waals surface area contributed by atoms with Crippen LogP contribution in [-0.2, 0) is 6.54 Å². The van der Waals surface area contributed by atoms with E-state index in [-0.39, 0.29) is 12.4 Å². The smallest absolute Gasteiger partial charge is 0.0300 e. The van der Waals surface area contributed by atoms with Crippen LogP contribution in [0.1, 0.15) is 4.88 Å². The lowest BCUT2D eigenvalue weighted by Crippen LogP contribution is -2.15. The highest BCUT2D eigenvalue weighted by Crippen LogP contribution is 2.19. The topological polar surface area (TPSA) is 12.0 Å². The highest BCUT2D eigenvalue weighted by Gasteiger charge is 1.96. The van der Waals surface area contributed by atoms with Crippen LogP contribution in [0.15, 0.2) is 28.6 Å². The van der Waals surface area contributed by atoms with Crippen molar-refractivity contribution in [2.75, 3.05) is 18.1 Å². The van der Waals surface area contributed by atoms with Crippen LogP contribution in [0.25, 0.3) is 0 Å². The molecule has 15 heavy (non-hydrogen) atoms. The molecule has 0 radical (unpaired) electrons. The number of halogens is 2. The lowest BCUT2D eigenvalue weighted by molar-refractivity contribution is 0.741. The summed E-state index contributed by atoms with van der Waals surface area (Å²) in [5.41, 5.74) is 0. The van der Waals surface area contributed by atoms with Gasteiger partial charge in [0, 0.05) is 39.3 Å². The quantitative estimate of drug-likeness (QED) is 0.601. The van der Waals surface area contributed by atoms with Gasteiger partial charge in [0.15, 0.2) is 0 Å². The van der Waals surface area contributed by atoms with Crippen molar-refractivity contribution in [2.24, 2.45) is 0 Å². The van der Waals surface area contributed by atoms with E-state index in [1.807, 2.05) is 17.8 Å². The lowest BCUT2D eigenvalue weighted by atomic mass is 10.4. The minimum Gasteiger partial charge on any atom is -0.311 e. The van der Waals surface area contributed by atoms with Crippen LogP contribution >= 0.6 is 51.4 Å². The van der Waals surface area contributed by atoms with E-state index < -0.39 is 0 Å². The number of rotatable bonds is 7. The maximum Gasteiger partial charge on any atom is 0.0300 e. The van der Waals surface area contributed by atoms with Crippen LogP contribution in [0.4, 0.5) is 0 Å². The first-order chi connectivity index (χ1) is 6.83. The summed E-state index contributed by atoms with van der Waals surface area (Å²) >= 11 is 7.14. The number of hydrogen-bond acceptors (Lipinski definition) is 3. The molecule has 0 saturated carbocycles. The van der Waals surface area contributed by atoms with Gasteiger partial charge in [0.25, 0.3) is 0 Å². The largest absolute Gasteiger partial charge is 0.311 e. The summed E-state index contributed by atoms with van der Waals surface area (Å²) in [6.07, 6.45) is 1.95. The minimum absolute atomic E-state index is 0. The Hall–Kier alpha value is 0.520. The molecule has 1 aromatic heterocycles. The molecule has 1 heterocycles. The first kappa shape index (κ1) is 15.5. The van der Waals surface area contributed by atoms with Crippen LogP contribution < -0.4 is 5.32 Å². The fourth-order valence-corrected chi connectivity index (χ4v) is 3.01. The third-order valence-corrected chi connectivity index (χ3v) is 4.24. The maximum atomic E-state index is 3.68. The third-order valence-electron chi connectivity index (χ3n) is 1.58. The summed E-state index contributed by atoms with van der Waals surface area (Å²) in [6.45, 7) is 5.72. The third kappa shape index (κ3) is 7.41. The molecule has 0 unspecified atom stereocenters. The molecule has 0 spiro atoms. The molecule has 0 aliphatic heterocycles. The van der Waals surface area contributed by atoms with Crippen LogP contribution in [0.3, 0.4) is 0 Å². The number of hydrogen-bond donors (Lipinski definition) is 1. The molecule has 1 N–H and O–H groups in total. The van der Waals surface area contributed by atoms with Gasteiger partial charge < -0.3 is 5.32 Å². The molecular formula is C10H15BrClNS2. The van der Waals surface area contributed by atoms with E-state index in [9.17, 15) is 0 Å². The Kier molecular flexibility index (Phi) is 10.1. The molecule has 0 aromatic carbocycles. The molecule has 0 aliphatic carbocycles. The van der Waals surface area contributed by atoms with Gasteiger partial charge in [0.2, 0.25) is 0 Å². The van der Waals surface area contributed by atoms with Gasteiger partial charge in [-0.3, -0.25) is 0 Å². The van der Waals surface area contributed by atoms with Gasteiger partial charge >= 0.3 is 0 Å². The molecule has 5 heteroatoms. The van der Waals surface area contributed by atoms with Gasteiger partial charge in [-0.2, -0.15) is 11.8 Å². The Balaban J connectivity index is 0.00000196. The van der Waals surface area contributed by atoms with Crippen molar-refractivity contribution < 1.29 is 0 Å². The van der Waals surface area contributed by atoms with Crippen molar-refractivity contribution in [1.29, 1.82) is 0 Å². The zero-order valence-corrected chi connectivity index (χ0v) is 12.4.